The molecule has 0 unspecified atom stereocenters. The Morgan fingerprint density at radius 3 is 2.65 bits per heavy atom. The van der Waals surface area contributed by atoms with Crippen molar-refractivity contribution < 1.29 is 9.84 Å². The van der Waals surface area contributed by atoms with Crippen molar-refractivity contribution in [2.24, 2.45) is 0 Å². The minimum atomic E-state index is -0.0442. The summed E-state index contributed by atoms with van der Waals surface area (Å²) >= 11 is 0. The lowest BCUT2D eigenvalue weighted by atomic mass is 10.2. The fourth-order valence-corrected chi connectivity index (χ4v) is 1.82. The zero-order valence-electron chi connectivity index (χ0n) is 11.4. The predicted molar refractivity (Wildman–Crippen MR) is 78.0 cm³/mol. The Labute approximate surface area is 117 Å². The highest BCUT2D eigenvalue weighted by atomic mass is 16.5. The second-order valence-electron chi connectivity index (χ2n) is 4.46. The molecule has 1 aromatic heterocycles. The van der Waals surface area contributed by atoms with Gasteiger partial charge in [-0.2, -0.15) is 0 Å². The molecule has 1 heterocycles. The fourth-order valence-electron chi connectivity index (χ4n) is 1.82. The van der Waals surface area contributed by atoms with Crippen LogP contribution in [0.2, 0.25) is 0 Å². The van der Waals surface area contributed by atoms with E-state index in [-0.39, 0.29) is 11.3 Å². The lowest BCUT2D eigenvalue weighted by Gasteiger charge is -2.10. The fraction of sp³-hybridized carbons (Fsp3) is 0.267. The Hall–Kier alpha value is -2.27. The van der Waals surface area contributed by atoms with E-state index in [2.05, 4.69) is 5.32 Å². The number of aromatic hydroxyl groups is 1. The first-order valence-corrected chi connectivity index (χ1v) is 6.40. The Kier molecular flexibility index (Phi) is 4.79. The standard InChI is InChI=1S/C15H18N2O3/c1-20-9-8-17-11-13(4-7-15(17)19)16-10-12-2-5-14(18)6-3-12/h2-7,11,16,18H,8-10H2,1H3. The number of phenols is 1. The third-order valence-electron chi connectivity index (χ3n) is 2.95. The Bertz CT molecular complexity index is 605. The molecule has 1 aromatic carbocycles. The molecule has 0 aliphatic carbocycles. The van der Waals surface area contributed by atoms with Crippen LogP contribution in [0.15, 0.2) is 47.4 Å². The van der Waals surface area contributed by atoms with E-state index in [0.717, 1.165) is 11.3 Å². The quantitative estimate of drug-likeness (QED) is 0.843. The summed E-state index contributed by atoms with van der Waals surface area (Å²) in [5.74, 6) is 0.252. The lowest BCUT2D eigenvalue weighted by Crippen LogP contribution is -2.21. The molecule has 106 valence electrons. The van der Waals surface area contributed by atoms with Gasteiger partial charge in [-0.05, 0) is 23.8 Å². The minimum Gasteiger partial charge on any atom is -0.508 e. The van der Waals surface area contributed by atoms with E-state index < -0.39 is 0 Å². The molecule has 2 N–H and O–H groups in total. The van der Waals surface area contributed by atoms with Crippen LogP contribution in [0.4, 0.5) is 5.69 Å². The number of methoxy groups -OCH3 is 1. The third kappa shape index (κ3) is 3.86. The van der Waals surface area contributed by atoms with E-state index in [0.29, 0.717) is 19.7 Å². The number of aromatic nitrogens is 1. The summed E-state index contributed by atoms with van der Waals surface area (Å²) in [7, 11) is 1.61. The van der Waals surface area contributed by atoms with Crippen molar-refractivity contribution in [2.75, 3.05) is 19.0 Å². The molecule has 0 radical (unpaired) electrons. The van der Waals surface area contributed by atoms with E-state index in [1.807, 2.05) is 12.1 Å². The summed E-state index contributed by atoms with van der Waals surface area (Å²) in [6.45, 7) is 1.66. The van der Waals surface area contributed by atoms with E-state index in [1.165, 1.54) is 6.07 Å². The van der Waals surface area contributed by atoms with Gasteiger partial charge in [-0.25, -0.2) is 0 Å². The van der Waals surface area contributed by atoms with Crippen LogP contribution < -0.4 is 10.9 Å². The number of phenolic OH excluding ortho intramolecular Hbond substituents is 1. The highest BCUT2D eigenvalue weighted by molar-refractivity contribution is 5.41. The zero-order valence-corrected chi connectivity index (χ0v) is 11.4. The summed E-state index contributed by atoms with van der Waals surface area (Å²) in [4.78, 5) is 11.6. The lowest BCUT2D eigenvalue weighted by molar-refractivity contribution is 0.186. The zero-order chi connectivity index (χ0) is 14.4. The highest BCUT2D eigenvalue weighted by Gasteiger charge is 1.99. The van der Waals surface area contributed by atoms with Gasteiger partial charge in [0.2, 0.25) is 0 Å². The summed E-state index contributed by atoms with van der Waals surface area (Å²) in [5.41, 5.74) is 1.88. The van der Waals surface area contributed by atoms with E-state index >= 15 is 0 Å². The first-order chi connectivity index (χ1) is 9.69. The summed E-state index contributed by atoms with van der Waals surface area (Å²) in [6.07, 6.45) is 1.78. The van der Waals surface area contributed by atoms with Crippen LogP contribution in [0.5, 0.6) is 5.75 Å². The van der Waals surface area contributed by atoms with Crippen LogP contribution in [0, 0.1) is 0 Å². The molecular formula is C15H18N2O3. The molecule has 0 aliphatic heterocycles. The summed E-state index contributed by atoms with van der Waals surface area (Å²) in [5, 5.41) is 12.5. The van der Waals surface area contributed by atoms with Gasteiger partial charge in [-0.3, -0.25) is 4.79 Å². The number of nitrogens with zero attached hydrogens (tertiary/aromatic N) is 1. The van der Waals surface area contributed by atoms with Crippen molar-refractivity contribution in [3.05, 3.63) is 58.5 Å². The van der Waals surface area contributed by atoms with Gasteiger partial charge in [-0.15, -0.1) is 0 Å². The first kappa shape index (κ1) is 14.1. The van der Waals surface area contributed by atoms with Crippen LogP contribution in [0.1, 0.15) is 5.56 Å². The molecule has 20 heavy (non-hydrogen) atoms. The maximum absolute atomic E-state index is 11.6. The van der Waals surface area contributed by atoms with Crippen molar-refractivity contribution in [3.8, 4) is 5.75 Å². The monoisotopic (exact) mass is 274 g/mol. The SMILES string of the molecule is COCCn1cc(NCc2ccc(O)cc2)ccc1=O. The highest BCUT2D eigenvalue weighted by Crippen LogP contribution is 2.11. The average Bonchev–Trinajstić information content (AvgIpc) is 2.46. The molecule has 2 aromatic rings. The molecule has 0 spiro atoms. The molecular weight excluding hydrogens is 256 g/mol. The number of ether oxygens (including phenoxy) is 1. The molecule has 0 aliphatic rings. The maximum atomic E-state index is 11.6. The van der Waals surface area contributed by atoms with Gasteiger partial charge in [-0.1, -0.05) is 12.1 Å². The number of rotatable bonds is 6. The third-order valence-corrected chi connectivity index (χ3v) is 2.95. The van der Waals surface area contributed by atoms with Crippen molar-refractivity contribution in [1.29, 1.82) is 0 Å². The average molecular weight is 274 g/mol. The second kappa shape index (κ2) is 6.77. The van der Waals surface area contributed by atoms with Gasteiger partial charge in [0.25, 0.3) is 5.56 Å². The largest absolute Gasteiger partial charge is 0.508 e. The van der Waals surface area contributed by atoms with Crippen LogP contribution in [-0.4, -0.2) is 23.4 Å². The number of pyridine rings is 1. The van der Waals surface area contributed by atoms with E-state index in [9.17, 15) is 9.90 Å². The number of hydrogen-bond acceptors (Lipinski definition) is 4. The Balaban J connectivity index is 2.02. The number of benzene rings is 1. The van der Waals surface area contributed by atoms with Crippen LogP contribution in [0.3, 0.4) is 0 Å². The van der Waals surface area contributed by atoms with Crippen LogP contribution >= 0.6 is 0 Å². The Morgan fingerprint density at radius 1 is 1.20 bits per heavy atom. The summed E-state index contributed by atoms with van der Waals surface area (Å²) < 4.78 is 6.59. The van der Waals surface area contributed by atoms with Crippen molar-refractivity contribution in [1.82, 2.24) is 4.57 Å². The minimum absolute atomic E-state index is 0.0442. The van der Waals surface area contributed by atoms with Crippen molar-refractivity contribution >= 4 is 5.69 Å². The predicted octanol–water partition coefficient (Wildman–Crippen LogP) is 1.81. The summed E-state index contributed by atoms with van der Waals surface area (Å²) in [6, 6.07) is 10.3. The van der Waals surface area contributed by atoms with Gasteiger partial charge < -0.3 is 19.7 Å². The molecule has 0 amide bonds. The number of hydrogen-bond donors (Lipinski definition) is 2. The molecule has 0 saturated heterocycles. The second-order valence-corrected chi connectivity index (χ2v) is 4.46. The maximum Gasteiger partial charge on any atom is 0.250 e. The van der Waals surface area contributed by atoms with Gasteiger partial charge in [0, 0.05) is 32.5 Å². The first-order valence-electron chi connectivity index (χ1n) is 6.40. The van der Waals surface area contributed by atoms with Gasteiger partial charge in [0.15, 0.2) is 0 Å². The number of nitrogens with one attached hydrogen (secondary N) is 1. The number of anilines is 1. The molecule has 0 atom stereocenters. The normalized spacial score (nSPS) is 10.4. The van der Waals surface area contributed by atoms with Gasteiger partial charge in [0.1, 0.15) is 5.75 Å². The molecule has 5 heteroatoms. The molecule has 0 bridgehead atoms. The molecule has 2 rings (SSSR count). The van der Waals surface area contributed by atoms with Crippen LogP contribution in [-0.2, 0) is 17.8 Å². The van der Waals surface area contributed by atoms with E-state index in [1.54, 1.807) is 36.1 Å². The molecule has 0 fully saturated rings. The molecule has 5 nitrogen and oxygen atoms in total. The van der Waals surface area contributed by atoms with Crippen LogP contribution in [0.25, 0.3) is 0 Å². The van der Waals surface area contributed by atoms with Gasteiger partial charge in [0.05, 0.1) is 12.3 Å². The smallest absolute Gasteiger partial charge is 0.250 e. The topological polar surface area (TPSA) is 63.5 Å². The molecule has 0 saturated carbocycles. The van der Waals surface area contributed by atoms with Gasteiger partial charge >= 0.3 is 0 Å². The van der Waals surface area contributed by atoms with Crippen molar-refractivity contribution in [2.45, 2.75) is 13.1 Å². The van der Waals surface area contributed by atoms with Crippen molar-refractivity contribution in [3.63, 3.8) is 0 Å². The van der Waals surface area contributed by atoms with E-state index in [4.69, 9.17) is 4.74 Å². The Morgan fingerprint density at radius 2 is 1.95 bits per heavy atom.